The Morgan fingerprint density at radius 3 is 3.06 bits per heavy atom. The molecule has 4 heteroatoms. The third kappa shape index (κ3) is 1.70. The van der Waals surface area contributed by atoms with Crippen LogP contribution in [0, 0.1) is 0 Å². The van der Waals surface area contributed by atoms with E-state index in [-0.39, 0.29) is 5.97 Å². The lowest BCUT2D eigenvalue weighted by Crippen LogP contribution is -2.09. The highest BCUT2D eigenvalue weighted by Gasteiger charge is 2.23. The van der Waals surface area contributed by atoms with Crippen molar-refractivity contribution in [3.05, 3.63) is 34.0 Å². The molecule has 1 aliphatic rings. The van der Waals surface area contributed by atoms with Crippen molar-refractivity contribution >= 4 is 28.5 Å². The first kappa shape index (κ1) is 11.6. The number of benzene rings is 1. The molecule has 1 aromatic carbocycles. The fourth-order valence-electron chi connectivity index (χ4n) is 2.73. The molecular formula is C14H14ClNO2. The summed E-state index contributed by atoms with van der Waals surface area (Å²) in [6.07, 6.45) is 2.99. The first-order chi connectivity index (χ1) is 8.70. The summed E-state index contributed by atoms with van der Waals surface area (Å²) in [5.74, 6) is -0.271. The van der Waals surface area contributed by atoms with Gasteiger partial charge in [-0.25, -0.2) is 4.79 Å². The van der Waals surface area contributed by atoms with Gasteiger partial charge in [-0.2, -0.15) is 0 Å². The summed E-state index contributed by atoms with van der Waals surface area (Å²) < 4.78 is 5.09. The maximum Gasteiger partial charge on any atom is 0.355 e. The van der Waals surface area contributed by atoms with Crippen LogP contribution in [0.25, 0.3) is 10.9 Å². The molecule has 1 heterocycles. The Kier molecular flexibility index (Phi) is 2.78. The zero-order chi connectivity index (χ0) is 12.7. The van der Waals surface area contributed by atoms with Gasteiger partial charge in [0.05, 0.1) is 6.61 Å². The summed E-state index contributed by atoms with van der Waals surface area (Å²) in [7, 11) is 0. The second-order valence-corrected chi connectivity index (χ2v) is 4.98. The van der Waals surface area contributed by atoms with E-state index >= 15 is 0 Å². The van der Waals surface area contributed by atoms with E-state index in [1.165, 1.54) is 5.56 Å². The maximum absolute atomic E-state index is 11.9. The number of ether oxygens (including phenoxy) is 1. The van der Waals surface area contributed by atoms with Gasteiger partial charge in [0.1, 0.15) is 5.69 Å². The van der Waals surface area contributed by atoms with Crippen LogP contribution in [0.2, 0.25) is 5.02 Å². The molecule has 0 unspecified atom stereocenters. The van der Waals surface area contributed by atoms with Crippen molar-refractivity contribution in [3.63, 3.8) is 0 Å². The third-order valence-corrected chi connectivity index (χ3v) is 3.62. The van der Waals surface area contributed by atoms with Crippen LogP contribution < -0.4 is 0 Å². The zero-order valence-corrected chi connectivity index (χ0v) is 10.9. The van der Waals surface area contributed by atoms with Crippen molar-refractivity contribution in [2.75, 3.05) is 6.61 Å². The van der Waals surface area contributed by atoms with Crippen molar-refractivity contribution in [2.24, 2.45) is 0 Å². The molecule has 1 aromatic heterocycles. The van der Waals surface area contributed by atoms with Gasteiger partial charge in [-0.05, 0) is 49.4 Å². The first-order valence-electron chi connectivity index (χ1n) is 6.20. The van der Waals surface area contributed by atoms with Crippen LogP contribution in [0.1, 0.15) is 35.0 Å². The minimum atomic E-state index is -0.271. The molecule has 1 N–H and O–H groups in total. The Morgan fingerprint density at radius 2 is 2.28 bits per heavy atom. The van der Waals surface area contributed by atoms with Crippen LogP contribution in [0.4, 0.5) is 0 Å². The minimum Gasteiger partial charge on any atom is -0.461 e. The number of esters is 1. The number of halogens is 1. The average Bonchev–Trinajstić information content (AvgIpc) is 2.70. The maximum atomic E-state index is 11.9. The molecule has 0 fully saturated rings. The summed E-state index contributed by atoms with van der Waals surface area (Å²) >= 11 is 6.09. The predicted molar refractivity (Wildman–Crippen MR) is 71.3 cm³/mol. The summed E-state index contributed by atoms with van der Waals surface area (Å²) in [6, 6.07) is 3.87. The minimum absolute atomic E-state index is 0.271. The average molecular weight is 264 g/mol. The van der Waals surface area contributed by atoms with Crippen molar-refractivity contribution in [3.8, 4) is 0 Å². The normalized spacial score (nSPS) is 13.9. The van der Waals surface area contributed by atoms with E-state index in [0.29, 0.717) is 17.3 Å². The number of hydrogen-bond acceptors (Lipinski definition) is 2. The van der Waals surface area contributed by atoms with Crippen LogP contribution in [-0.4, -0.2) is 17.6 Å². The highest BCUT2D eigenvalue weighted by atomic mass is 35.5. The van der Waals surface area contributed by atoms with E-state index < -0.39 is 0 Å². The zero-order valence-electron chi connectivity index (χ0n) is 10.2. The molecule has 0 saturated carbocycles. The lowest BCUT2D eigenvalue weighted by molar-refractivity contribution is 0.0519. The number of aryl methyl sites for hydroxylation is 2. The van der Waals surface area contributed by atoms with Gasteiger partial charge in [-0.1, -0.05) is 11.6 Å². The van der Waals surface area contributed by atoms with Gasteiger partial charge in [-0.3, -0.25) is 0 Å². The van der Waals surface area contributed by atoms with Gasteiger partial charge in [0.2, 0.25) is 0 Å². The van der Waals surface area contributed by atoms with E-state index in [1.54, 1.807) is 0 Å². The molecule has 3 rings (SSSR count). The van der Waals surface area contributed by atoms with Gasteiger partial charge in [0.15, 0.2) is 0 Å². The van der Waals surface area contributed by atoms with Gasteiger partial charge in [0, 0.05) is 15.9 Å². The SMILES string of the molecule is CCOC(=O)c1[nH]c2cc(Cl)cc3c2c1CCC3. The largest absolute Gasteiger partial charge is 0.461 e. The van der Waals surface area contributed by atoms with Crippen LogP contribution in [0.3, 0.4) is 0 Å². The summed E-state index contributed by atoms with van der Waals surface area (Å²) in [5, 5.41) is 1.87. The Hall–Kier alpha value is -1.48. The quantitative estimate of drug-likeness (QED) is 0.843. The molecule has 0 aliphatic heterocycles. The molecule has 18 heavy (non-hydrogen) atoms. The highest BCUT2D eigenvalue weighted by molar-refractivity contribution is 6.31. The second-order valence-electron chi connectivity index (χ2n) is 4.54. The van der Waals surface area contributed by atoms with Crippen molar-refractivity contribution in [2.45, 2.75) is 26.2 Å². The van der Waals surface area contributed by atoms with Crippen LogP contribution in [-0.2, 0) is 17.6 Å². The van der Waals surface area contributed by atoms with Crippen molar-refractivity contribution in [1.29, 1.82) is 0 Å². The Morgan fingerprint density at radius 1 is 1.44 bits per heavy atom. The highest BCUT2D eigenvalue weighted by Crippen LogP contribution is 2.34. The lowest BCUT2D eigenvalue weighted by Gasteiger charge is -2.13. The van der Waals surface area contributed by atoms with Gasteiger partial charge in [0.25, 0.3) is 0 Å². The number of nitrogens with one attached hydrogen (secondary N) is 1. The van der Waals surface area contributed by atoms with E-state index in [1.807, 2.05) is 19.1 Å². The number of aromatic nitrogens is 1. The first-order valence-corrected chi connectivity index (χ1v) is 6.58. The van der Waals surface area contributed by atoms with Crippen molar-refractivity contribution in [1.82, 2.24) is 4.98 Å². The molecule has 0 radical (unpaired) electrons. The monoisotopic (exact) mass is 263 g/mol. The molecule has 1 aliphatic carbocycles. The Bertz CT molecular complexity index is 630. The van der Waals surface area contributed by atoms with Crippen LogP contribution in [0.5, 0.6) is 0 Å². The molecule has 94 valence electrons. The van der Waals surface area contributed by atoms with Gasteiger partial charge >= 0.3 is 5.97 Å². The topological polar surface area (TPSA) is 42.1 Å². The number of hydrogen-bond donors (Lipinski definition) is 1. The van der Waals surface area contributed by atoms with E-state index in [0.717, 1.165) is 35.7 Å². The number of carbonyl (C=O) groups excluding carboxylic acids is 1. The summed E-state index contributed by atoms with van der Waals surface area (Å²) in [6.45, 7) is 2.20. The Balaban J connectivity index is 2.24. The molecule has 0 saturated heterocycles. The van der Waals surface area contributed by atoms with Gasteiger partial charge in [-0.15, -0.1) is 0 Å². The Labute approximate surface area is 110 Å². The number of H-pyrrole nitrogens is 1. The fraction of sp³-hybridized carbons (Fsp3) is 0.357. The van der Waals surface area contributed by atoms with Gasteiger partial charge < -0.3 is 9.72 Å². The second kappa shape index (κ2) is 4.32. The fourth-order valence-corrected chi connectivity index (χ4v) is 2.97. The van der Waals surface area contributed by atoms with E-state index in [2.05, 4.69) is 4.98 Å². The van der Waals surface area contributed by atoms with E-state index in [4.69, 9.17) is 16.3 Å². The summed E-state index contributed by atoms with van der Waals surface area (Å²) in [4.78, 5) is 15.1. The number of carbonyl (C=O) groups is 1. The molecule has 0 atom stereocenters. The molecule has 0 amide bonds. The summed E-state index contributed by atoms with van der Waals surface area (Å²) in [5.41, 5.74) is 3.84. The molecular weight excluding hydrogens is 250 g/mol. The third-order valence-electron chi connectivity index (χ3n) is 3.40. The van der Waals surface area contributed by atoms with E-state index in [9.17, 15) is 4.79 Å². The van der Waals surface area contributed by atoms with Crippen LogP contribution >= 0.6 is 11.6 Å². The molecule has 0 bridgehead atoms. The smallest absolute Gasteiger partial charge is 0.355 e. The standard InChI is InChI=1S/C14H14ClNO2/c1-2-18-14(17)13-10-5-3-4-8-6-9(15)7-11(16-13)12(8)10/h6-7,16H,2-5H2,1H3. The molecule has 3 nitrogen and oxygen atoms in total. The van der Waals surface area contributed by atoms with Crippen LogP contribution in [0.15, 0.2) is 12.1 Å². The lowest BCUT2D eigenvalue weighted by atomic mass is 9.91. The molecule has 2 aromatic rings. The predicted octanol–water partition coefficient (Wildman–Crippen LogP) is 3.49. The number of aromatic amines is 1. The number of rotatable bonds is 2. The van der Waals surface area contributed by atoms with Crippen molar-refractivity contribution < 1.29 is 9.53 Å². The molecule has 0 spiro atoms.